The number of aromatic nitrogens is 2. The smallest absolute Gasteiger partial charge is 0.264 e. The van der Waals surface area contributed by atoms with Gasteiger partial charge in [-0.05, 0) is 50.0 Å². The van der Waals surface area contributed by atoms with Crippen LogP contribution in [0.4, 0.5) is 0 Å². The summed E-state index contributed by atoms with van der Waals surface area (Å²) in [6.45, 7) is 6.18. The van der Waals surface area contributed by atoms with Crippen LogP contribution in [0.15, 0.2) is 34.1 Å². The van der Waals surface area contributed by atoms with E-state index >= 15 is 0 Å². The Bertz CT molecular complexity index is 926. The second-order valence-corrected chi connectivity index (χ2v) is 7.45. The minimum absolute atomic E-state index is 0.136. The molecule has 0 bridgehead atoms. The molecule has 0 aliphatic carbocycles. The summed E-state index contributed by atoms with van der Waals surface area (Å²) in [5.74, 6) is -0.177. The second-order valence-electron chi connectivity index (χ2n) is 7.07. The molecule has 0 radical (unpaired) electrons. The van der Waals surface area contributed by atoms with E-state index in [1.807, 2.05) is 31.2 Å². The number of rotatable bonds is 6. The van der Waals surface area contributed by atoms with Crippen LogP contribution in [0.2, 0.25) is 0 Å². The third-order valence-electron chi connectivity index (χ3n) is 5.08. The van der Waals surface area contributed by atoms with Gasteiger partial charge in [0, 0.05) is 19.2 Å². The van der Waals surface area contributed by atoms with Crippen LogP contribution in [0.1, 0.15) is 36.8 Å². The topological polar surface area (TPSA) is 74.8 Å². The molecule has 0 spiro atoms. The van der Waals surface area contributed by atoms with Crippen molar-refractivity contribution in [3.05, 3.63) is 50.5 Å². The number of piperidine rings is 1. The molecular formula is C20H27N4O2S+. The van der Waals surface area contributed by atoms with Crippen molar-refractivity contribution in [3.63, 3.8) is 0 Å². The lowest BCUT2D eigenvalue weighted by Gasteiger charge is -2.22. The SMILES string of the molecule is Cc1ccccc1-n1c(O)c(C=NCCC[NH+]2CCCCC2)c(=O)[nH]c1=S. The van der Waals surface area contributed by atoms with E-state index in [9.17, 15) is 9.90 Å². The Balaban J connectivity index is 1.75. The fraction of sp³-hybridized carbons (Fsp3) is 0.450. The van der Waals surface area contributed by atoms with Gasteiger partial charge in [0.2, 0.25) is 5.88 Å². The monoisotopic (exact) mass is 387 g/mol. The van der Waals surface area contributed by atoms with Gasteiger partial charge in [0.15, 0.2) is 4.77 Å². The second kappa shape index (κ2) is 9.10. The van der Waals surface area contributed by atoms with Crippen molar-refractivity contribution in [2.24, 2.45) is 4.99 Å². The van der Waals surface area contributed by atoms with E-state index in [2.05, 4.69) is 9.98 Å². The number of hydrogen-bond acceptors (Lipinski definition) is 4. The van der Waals surface area contributed by atoms with E-state index < -0.39 is 5.56 Å². The van der Waals surface area contributed by atoms with Crippen molar-refractivity contribution in [3.8, 4) is 11.6 Å². The Hall–Kier alpha value is -2.25. The number of nitrogens with one attached hydrogen (secondary N) is 2. The van der Waals surface area contributed by atoms with E-state index in [4.69, 9.17) is 12.2 Å². The van der Waals surface area contributed by atoms with E-state index in [1.165, 1.54) is 43.1 Å². The van der Waals surface area contributed by atoms with Gasteiger partial charge in [-0.2, -0.15) is 0 Å². The van der Waals surface area contributed by atoms with Crippen molar-refractivity contribution >= 4 is 18.4 Å². The molecule has 1 aromatic carbocycles. The summed E-state index contributed by atoms with van der Waals surface area (Å²) in [6.07, 6.45) is 6.41. The Kier molecular flexibility index (Phi) is 6.58. The van der Waals surface area contributed by atoms with Crippen molar-refractivity contribution < 1.29 is 10.0 Å². The zero-order chi connectivity index (χ0) is 19.2. The lowest BCUT2D eigenvalue weighted by molar-refractivity contribution is -0.904. The first-order valence-electron chi connectivity index (χ1n) is 9.55. The van der Waals surface area contributed by atoms with E-state index in [0.717, 1.165) is 24.2 Å². The number of aryl methyl sites for hydroxylation is 1. The molecule has 6 nitrogen and oxygen atoms in total. The highest BCUT2D eigenvalue weighted by Crippen LogP contribution is 2.21. The molecule has 2 heterocycles. The Morgan fingerprint density at radius 2 is 2.04 bits per heavy atom. The number of aromatic amines is 1. The summed E-state index contributed by atoms with van der Waals surface area (Å²) in [5.41, 5.74) is 1.40. The minimum atomic E-state index is -0.423. The fourth-order valence-corrected chi connectivity index (χ4v) is 3.85. The van der Waals surface area contributed by atoms with Crippen LogP contribution >= 0.6 is 12.2 Å². The maximum Gasteiger partial charge on any atom is 0.264 e. The van der Waals surface area contributed by atoms with Gasteiger partial charge in [-0.25, -0.2) is 0 Å². The molecular weight excluding hydrogens is 360 g/mol. The van der Waals surface area contributed by atoms with Gasteiger partial charge in [0.1, 0.15) is 5.56 Å². The highest BCUT2D eigenvalue weighted by atomic mass is 32.1. The molecule has 0 atom stereocenters. The van der Waals surface area contributed by atoms with Crippen molar-refractivity contribution in [1.82, 2.24) is 9.55 Å². The zero-order valence-corrected chi connectivity index (χ0v) is 16.5. The van der Waals surface area contributed by atoms with Crippen LogP contribution in [-0.2, 0) is 0 Å². The molecule has 3 N–H and O–H groups in total. The lowest BCUT2D eigenvalue weighted by Crippen LogP contribution is -3.12. The first-order chi connectivity index (χ1) is 13.1. The number of hydrogen-bond donors (Lipinski definition) is 3. The molecule has 1 aliphatic rings. The number of para-hydroxylation sites is 1. The summed E-state index contributed by atoms with van der Waals surface area (Å²) in [6, 6.07) is 7.56. The average molecular weight is 388 g/mol. The summed E-state index contributed by atoms with van der Waals surface area (Å²) >= 11 is 5.25. The molecule has 7 heteroatoms. The van der Waals surface area contributed by atoms with Gasteiger partial charge in [-0.1, -0.05) is 18.2 Å². The molecule has 2 aromatic rings. The average Bonchev–Trinajstić information content (AvgIpc) is 2.66. The minimum Gasteiger partial charge on any atom is -0.494 e. The Morgan fingerprint density at radius 3 is 2.78 bits per heavy atom. The van der Waals surface area contributed by atoms with Gasteiger partial charge in [0.25, 0.3) is 5.56 Å². The molecule has 144 valence electrons. The largest absolute Gasteiger partial charge is 0.494 e. The first-order valence-corrected chi connectivity index (χ1v) is 9.96. The zero-order valence-electron chi connectivity index (χ0n) is 15.7. The third kappa shape index (κ3) is 4.73. The Labute approximate surface area is 164 Å². The lowest BCUT2D eigenvalue weighted by atomic mass is 10.1. The molecule has 1 aromatic heterocycles. The number of H-pyrrole nitrogens is 1. The maximum absolute atomic E-state index is 12.2. The van der Waals surface area contributed by atoms with Gasteiger partial charge in [0.05, 0.1) is 25.3 Å². The van der Waals surface area contributed by atoms with Crippen molar-refractivity contribution in [1.29, 1.82) is 0 Å². The number of aliphatic imine (C=N–C) groups is 1. The summed E-state index contributed by atoms with van der Waals surface area (Å²) in [4.78, 5) is 20.9. The molecule has 0 unspecified atom stereocenters. The molecule has 1 saturated heterocycles. The molecule has 0 saturated carbocycles. The van der Waals surface area contributed by atoms with Crippen LogP contribution in [0.25, 0.3) is 5.69 Å². The molecule has 27 heavy (non-hydrogen) atoms. The normalized spacial score (nSPS) is 15.4. The van der Waals surface area contributed by atoms with E-state index in [-0.39, 0.29) is 16.2 Å². The first kappa shape index (κ1) is 19.5. The molecule has 1 fully saturated rings. The van der Waals surface area contributed by atoms with Gasteiger partial charge in [-0.15, -0.1) is 0 Å². The fourth-order valence-electron chi connectivity index (χ4n) is 3.57. The predicted molar refractivity (Wildman–Crippen MR) is 110 cm³/mol. The standard InChI is InChI=1S/C20H26N4O2S/c1-15-8-3-4-9-17(15)24-19(26)16(18(25)22-20(24)27)14-21-10-7-13-23-11-5-2-6-12-23/h3-4,8-9,14,26H,2,5-7,10-13H2,1H3,(H,22,25,27)/p+1. The number of benzene rings is 1. The molecule has 0 amide bonds. The van der Waals surface area contributed by atoms with Crippen LogP contribution in [-0.4, -0.2) is 47.1 Å². The number of quaternary nitrogens is 1. The van der Waals surface area contributed by atoms with Crippen LogP contribution in [0.3, 0.4) is 0 Å². The van der Waals surface area contributed by atoms with E-state index in [1.54, 1.807) is 4.90 Å². The van der Waals surface area contributed by atoms with Crippen molar-refractivity contribution in [2.75, 3.05) is 26.2 Å². The number of likely N-dealkylation sites (tertiary alicyclic amines) is 1. The summed E-state index contributed by atoms with van der Waals surface area (Å²) in [7, 11) is 0. The molecule has 1 aliphatic heterocycles. The maximum atomic E-state index is 12.2. The van der Waals surface area contributed by atoms with Crippen LogP contribution in [0.5, 0.6) is 5.88 Å². The van der Waals surface area contributed by atoms with Crippen LogP contribution < -0.4 is 10.5 Å². The third-order valence-corrected chi connectivity index (χ3v) is 5.36. The summed E-state index contributed by atoms with van der Waals surface area (Å²) in [5, 5.41) is 10.7. The summed E-state index contributed by atoms with van der Waals surface area (Å²) < 4.78 is 1.64. The van der Waals surface area contributed by atoms with Crippen molar-refractivity contribution in [2.45, 2.75) is 32.6 Å². The van der Waals surface area contributed by atoms with Gasteiger partial charge >= 0.3 is 0 Å². The van der Waals surface area contributed by atoms with Gasteiger partial charge in [-0.3, -0.25) is 19.3 Å². The van der Waals surface area contributed by atoms with E-state index in [0.29, 0.717) is 6.54 Å². The van der Waals surface area contributed by atoms with Crippen LogP contribution in [0, 0.1) is 11.7 Å². The number of aromatic hydroxyl groups is 1. The highest BCUT2D eigenvalue weighted by molar-refractivity contribution is 7.71. The highest BCUT2D eigenvalue weighted by Gasteiger charge is 2.14. The molecule has 3 rings (SSSR count). The quantitative estimate of drug-likeness (QED) is 0.402. The Morgan fingerprint density at radius 1 is 1.30 bits per heavy atom. The van der Waals surface area contributed by atoms with Gasteiger partial charge < -0.3 is 10.0 Å². The predicted octanol–water partition coefficient (Wildman–Crippen LogP) is 1.79. The number of nitrogens with zero attached hydrogens (tertiary/aromatic N) is 2.